The van der Waals surface area contributed by atoms with Crippen LogP contribution in [0.4, 0.5) is 0 Å². The van der Waals surface area contributed by atoms with Crippen LogP contribution in [-0.2, 0) is 27.3 Å². The van der Waals surface area contributed by atoms with E-state index in [1.165, 1.54) is 23.0 Å². The van der Waals surface area contributed by atoms with Crippen LogP contribution in [0.3, 0.4) is 0 Å². The fourth-order valence-electron chi connectivity index (χ4n) is 5.15. The summed E-state index contributed by atoms with van der Waals surface area (Å²) in [6.45, 7) is 6.85. The van der Waals surface area contributed by atoms with E-state index in [0.29, 0.717) is 57.7 Å². The van der Waals surface area contributed by atoms with E-state index in [4.69, 9.17) is 28.7 Å². The van der Waals surface area contributed by atoms with Gasteiger partial charge in [-0.2, -0.15) is 5.26 Å². The number of hydrogen-bond donors (Lipinski definition) is 0. The van der Waals surface area contributed by atoms with Gasteiger partial charge in [0.05, 0.1) is 37.0 Å². The standard InChI is InChI=1S/C41H40N2O7S/c1-3-9-29-10-18-33(19-11-29)41(45)50-35-22-23-36(39-38(35)43-40(51-39)32-16-12-30(26-42)13-17-32)49-28-46-27-31-14-20-34(21-15-31)47-24-7-5-6-8-25-48-37(44)4-2/h4,10-23H,2-3,5-9,24-25,27-28H2,1H3. The molecule has 0 aliphatic carbocycles. The monoisotopic (exact) mass is 704 g/mol. The molecule has 0 amide bonds. The molecule has 0 aliphatic rings. The molecule has 0 atom stereocenters. The molecule has 1 heterocycles. The number of aryl methyl sites for hydroxylation is 1. The largest absolute Gasteiger partial charge is 0.494 e. The summed E-state index contributed by atoms with van der Waals surface area (Å²) in [6.07, 6.45) is 6.83. The van der Waals surface area contributed by atoms with E-state index in [1.807, 2.05) is 48.5 Å². The Morgan fingerprint density at radius 3 is 2.25 bits per heavy atom. The van der Waals surface area contributed by atoms with E-state index in [0.717, 1.165) is 55.4 Å². The molecule has 9 nitrogen and oxygen atoms in total. The van der Waals surface area contributed by atoms with Crippen LogP contribution in [0.5, 0.6) is 17.2 Å². The molecule has 0 saturated carbocycles. The van der Waals surface area contributed by atoms with Crippen LogP contribution in [0.25, 0.3) is 20.8 Å². The normalized spacial score (nSPS) is 10.7. The highest BCUT2D eigenvalue weighted by atomic mass is 32.1. The van der Waals surface area contributed by atoms with E-state index >= 15 is 0 Å². The Bertz CT molecular complexity index is 1950. The van der Waals surface area contributed by atoms with Gasteiger partial charge >= 0.3 is 11.9 Å². The minimum absolute atomic E-state index is 0.00646. The smallest absolute Gasteiger partial charge is 0.343 e. The van der Waals surface area contributed by atoms with Crippen molar-refractivity contribution in [2.24, 2.45) is 0 Å². The minimum atomic E-state index is -0.471. The Kier molecular flexibility index (Phi) is 13.7. The van der Waals surface area contributed by atoms with Crippen LogP contribution >= 0.6 is 11.3 Å². The van der Waals surface area contributed by atoms with E-state index < -0.39 is 5.97 Å². The third kappa shape index (κ3) is 10.7. The Balaban J connectivity index is 1.17. The van der Waals surface area contributed by atoms with Crippen molar-refractivity contribution in [1.82, 2.24) is 4.98 Å². The van der Waals surface area contributed by atoms with Gasteiger partial charge in [0.25, 0.3) is 0 Å². The van der Waals surface area contributed by atoms with Gasteiger partial charge in [0.2, 0.25) is 0 Å². The average molecular weight is 705 g/mol. The zero-order valence-corrected chi connectivity index (χ0v) is 29.4. The van der Waals surface area contributed by atoms with Crippen LogP contribution in [0.1, 0.15) is 66.1 Å². The fourth-order valence-corrected chi connectivity index (χ4v) is 6.20. The summed E-state index contributed by atoms with van der Waals surface area (Å²) in [5.74, 6) is 0.804. The molecule has 4 aromatic carbocycles. The number of carbonyl (C=O) groups excluding carboxylic acids is 2. The van der Waals surface area contributed by atoms with E-state index in [1.54, 1.807) is 36.4 Å². The number of fused-ring (bicyclic) bond motifs is 1. The van der Waals surface area contributed by atoms with Crippen molar-refractivity contribution in [3.63, 3.8) is 0 Å². The number of hydrogen-bond acceptors (Lipinski definition) is 10. The van der Waals surface area contributed by atoms with Gasteiger partial charge in [-0.15, -0.1) is 11.3 Å². The fraction of sp³-hybridized carbons (Fsp3) is 0.268. The highest BCUT2D eigenvalue weighted by Crippen LogP contribution is 2.41. The highest BCUT2D eigenvalue weighted by Gasteiger charge is 2.19. The van der Waals surface area contributed by atoms with Crippen molar-refractivity contribution >= 4 is 33.5 Å². The van der Waals surface area contributed by atoms with Crippen LogP contribution in [0, 0.1) is 11.3 Å². The summed E-state index contributed by atoms with van der Waals surface area (Å²) < 4.78 is 29.3. The van der Waals surface area contributed by atoms with Crippen molar-refractivity contribution in [2.75, 3.05) is 20.0 Å². The number of aromatic nitrogens is 1. The molecule has 5 rings (SSSR count). The lowest BCUT2D eigenvalue weighted by atomic mass is 10.1. The summed E-state index contributed by atoms with van der Waals surface area (Å²) in [7, 11) is 0. The quantitative estimate of drug-likeness (QED) is 0.0273. The van der Waals surface area contributed by atoms with Gasteiger partial charge in [-0.3, -0.25) is 0 Å². The summed E-state index contributed by atoms with van der Waals surface area (Å²) >= 11 is 1.40. The molecular formula is C41H40N2O7S. The number of nitrogens with zero attached hydrogens (tertiary/aromatic N) is 2. The molecule has 0 spiro atoms. The van der Waals surface area contributed by atoms with E-state index in [9.17, 15) is 14.9 Å². The zero-order chi connectivity index (χ0) is 35.8. The topological polar surface area (TPSA) is 117 Å². The second-order valence-corrected chi connectivity index (χ2v) is 12.7. The molecular weight excluding hydrogens is 665 g/mol. The maximum atomic E-state index is 13.1. The third-order valence-corrected chi connectivity index (χ3v) is 8.99. The van der Waals surface area contributed by atoms with Crippen molar-refractivity contribution in [3.8, 4) is 33.9 Å². The van der Waals surface area contributed by atoms with Gasteiger partial charge in [-0.05, 0) is 91.8 Å². The lowest BCUT2D eigenvalue weighted by Crippen LogP contribution is -2.09. The molecule has 262 valence electrons. The first-order valence-electron chi connectivity index (χ1n) is 16.9. The maximum Gasteiger partial charge on any atom is 0.343 e. The number of thiazole rings is 1. The number of carbonyl (C=O) groups is 2. The van der Waals surface area contributed by atoms with Gasteiger partial charge in [0, 0.05) is 11.6 Å². The molecule has 0 fully saturated rings. The predicted molar refractivity (Wildman–Crippen MR) is 197 cm³/mol. The first kappa shape index (κ1) is 36.8. The molecule has 0 aliphatic heterocycles. The first-order chi connectivity index (χ1) is 25.0. The molecule has 0 N–H and O–H groups in total. The van der Waals surface area contributed by atoms with Gasteiger partial charge < -0.3 is 23.7 Å². The predicted octanol–water partition coefficient (Wildman–Crippen LogP) is 9.23. The summed E-state index contributed by atoms with van der Waals surface area (Å²) in [5.41, 5.74) is 4.47. The maximum absolute atomic E-state index is 13.1. The second kappa shape index (κ2) is 19.0. The van der Waals surface area contributed by atoms with Crippen LogP contribution in [-0.4, -0.2) is 36.9 Å². The molecule has 1 aromatic heterocycles. The van der Waals surface area contributed by atoms with Crippen LogP contribution in [0.15, 0.2) is 97.6 Å². The molecule has 5 aromatic rings. The number of nitriles is 1. The molecule has 0 radical (unpaired) electrons. The molecule has 0 unspecified atom stereocenters. The van der Waals surface area contributed by atoms with E-state index in [2.05, 4.69) is 19.6 Å². The number of benzene rings is 4. The Labute approximate surface area is 302 Å². The second-order valence-electron chi connectivity index (χ2n) is 11.7. The van der Waals surface area contributed by atoms with Crippen LogP contribution in [0.2, 0.25) is 0 Å². The summed E-state index contributed by atoms with van der Waals surface area (Å²) in [4.78, 5) is 29.0. The Morgan fingerprint density at radius 1 is 0.843 bits per heavy atom. The molecule has 0 saturated heterocycles. The number of unbranched alkanes of at least 4 members (excludes halogenated alkanes) is 3. The summed E-state index contributed by atoms with van der Waals surface area (Å²) in [6, 6.07) is 27.9. The molecule has 51 heavy (non-hydrogen) atoms. The van der Waals surface area contributed by atoms with E-state index in [-0.39, 0.29) is 12.8 Å². The Morgan fingerprint density at radius 2 is 1.55 bits per heavy atom. The lowest BCUT2D eigenvalue weighted by molar-refractivity contribution is -0.137. The first-order valence-corrected chi connectivity index (χ1v) is 17.8. The zero-order valence-electron chi connectivity index (χ0n) is 28.6. The van der Waals surface area contributed by atoms with Crippen molar-refractivity contribution < 1.29 is 33.3 Å². The number of ether oxygens (including phenoxy) is 5. The lowest BCUT2D eigenvalue weighted by Gasteiger charge is -2.11. The van der Waals surface area contributed by atoms with Crippen LogP contribution < -0.4 is 14.2 Å². The van der Waals surface area contributed by atoms with Gasteiger partial charge in [0.15, 0.2) is 12.5 Å². The Hall–Kier alpha value is -5.50. The van der Waals surface area contributed by atoms with Gasteiger partial charge in [-0.1, -0.05) is 56.3 Å². The van der Waals surface area contributed by atoms with Crippen molar-refractivity contribution in [2.45, 2.75) is 52.1 Å². The van der Waals surface area contributed by atoms with Gasteiger partial charge in [0.1, 0.15) is 26.7 Å². The number of rotatable bonds is 19. The molecule has 0 bridgehead atoms. The van der Waals surface area contributed by atoms with Gasteiger partial charge in [-0.25, -0.2) is 14.6 Å². The van der Waals surface area contributed by atoms with Crippen molar-refractivity contribution in [1.29, 1.82) is 5.26 Å². The van der Waals surface area contributed by atoms with Crippen molar-refractivity contribution in [3.05, 3.63) is 120 Å². The average Bonchev–Trinajstić information content (AvgIpc) is 3.62. The summed E-state index contributed by atoms with van der Waals surface area (Å²) in [5, 5.41) is 9.92. The minimum Gasteiger partial charge on any atom is -0.494 e. The number of esters is 2. The third-order valence-electron chi connectivity index (χ3n) is 7.87. The highest BCUT2D eigenvalue weighted by molar-refractivity contribution is 7.22. The molecule has 10 heteroatoms. The SMILES string of the molecule is C=CC(=O)OCCCCCCOc1ccc(COCOc2ccc(OC(=O)c3ccc(CCC)cc3)c3nc(-c4ccc(C#N)cc4)sc23)cc1.